The molecule has 1 heterocycles. The molecule has 2 N–H and O–H groups in total. The highest BCUT2D eigenvalue weighted by molar-refractivity contribution is 5.91. The van der Waals surface area contributed by atoms with Gasteiger partial charge in [0.2, 0.25) is 5.91 Å². The SMILES string of the molecule is CN(CCC(=O)O)C(=O)CCCNC(=O)c1ccco1. The monoisotopic (exact) mass is 282 g/mol. The fourth-order valence-electron chi connectivity index (χ4n) is 1.52. The highest BCUT2D eigenvalue weighted by Crippen LogP contribution is 2.00. The molecule has 1 aromatic rings. The molecule has 20 heavy (non-hydrogen) atoms. The van der Waals surface area contributed by atoms with Crippen molar-refractivity contribution in [2.75, 3.05) is 20.1 Å². The van der Waals surface area contributed by atoms with Gasteiger partial charge in [0.05, 0.1) is 12.7 Å². The first-order valence-electron chi connectivity index (χ1n) is 6.28. The molecule has 0 spiro atoms. The maximum Gasteiger partial charge on any atom is 0.305 e. The van der Waals surface area contributed by atoms with Crippen LogP contribution in [-0.4, -0.2) is 47.9 Å². The third-order valence-corrected chi connectivity index (χ3v) is 2.68. The molecule has 0 aliphatic carbocycles. The van der Waals surface area contributed by atoms with E-state index in [0.717, 1.165) is 0 Å². The summed E-state index contributed by atoms with van der Waals surface area (Å²) in [5, 5.41) is 11.1. The summed E-state index contributed by atoms with van der Waals surface area (Å²) in [7, 11) is 1.56. The summed E-state index contributed by atoms with van der Waals surface area (Å²) in [4.78, 5) is 34.9. The second-order valence-corrected chi connectivity index (χ2v) is 4.30. The van der Waals surface area contributed by atoms with Crippen LogP contribution in [0.25, 0.3) is 0 Å². The van der Waals surface area contributed by atoms with Gasteiger partial charge in [-0.3, -0.25) is 14.4 Å². The van der Waals surface area contributed by atoms with E-state index in [4.69, 9.17) is 9.52 Å². The van der Waals surface area contributed by atoms with Crippen LogP contribution in [0.15, 0.2) is 22.8 Å². The molecule has 0 bridgehead atoms. The molecule has 0 saturated carbocycles. The summed E-state index contributed by atoms with van der Waals surface area (Å²) >= 11 is 0. The fourth-order valence-corrected chi connectivity index (χ4v) is 1.52. The average Bonchev–Trinajstić information content (AvgIpc) is 2.94. The maximum atomic E-state index is 11.6. The van der Waals surface area contributed by atoms with Crippen molar-refractivity contribution in [3.63, 3.8) is 0 Å². The molecule has 7 heteroatoms. The predicted molar refractivity (Wildman–Crippen MR) is 70.2 cm³/mol. The predicted octanol–water partition coefficient (Wildman–Crippen LogP) is 0.723. The summed E-state index contributed by atoms with van der Waals surface area (Å²) in [6.07, 6.45) is 2.09. The molecule has 0 aliphatic heterocycles. The number of nitrogens with one attached hydrogen (secondary N) is 1. The van der Waals surface area contributed by atoms with Crippen molar-refractivity contribution < 1.29 is 23.9 Å². The van der Waals surface area contributed by atoms with Gasteiger partial charge in [-0.1, -0.05) is 0 Å². The van der Waals surface area contributed by atoms with Crippen molar-refractivity contribution in [1.82, 2.24) is 10.2 Å². The molecule has 0 aliphatic rings. The zero-order valence-electron chi connectivity index (χ0n) is 11.3. The highest BCUT2D eigenvalue weighted by Gasteiger charge is 2.11. The first-order chi connectivity index (χ1) is 9.50. The Morgan fingerprint density at radius 2 is 2.10 bits per heavy atom. The second-order valence-electron chi connectivity index (χ2n) is 4.30. The second kappa shape index (κ2) is 7.98. The minimum absolute atomic E-state index is 0.0720. The number of carbonyl (C=O) groups is 3. The van der Waals surface area contributed by atoms with E-state index in [-0.39, 0.29) is 37.0 Å². The van der Waals surface area contributed by atoms with Crippen molar-refractivity contribution in [2.24, 2.45) is 0 Å². The summed E-state index contributed by atoms with van der Waals surface area (Å²) in [5.41, 5.74) is 0. The number of aliphatic carboxylic acids is 1. The number of amides is 2. The Bertz CT molecular complexity index is 455. The van der Waals surface area contributed by atoms with E-state index in [9.17, 15) is 14.4 Å². The Morgan fingerprint density at radius 3 is 2.70 bits per heavy atom. The van der Waals surface area contributed by atoms with Gasteiger partial charge in [-0.25, -0.2) is 0 Å². The van der Waals surface area contributed by atoms with E-state index in [2.05, 4.69) is 5.32 Å². The topological polar surface area (TPSA) is 99.9 Å². The molecule has 0 aromatic carbocycles. The van der Waals surface area contributed by atoms with Gasteiger partial charge in [0.25, 0.3) is 5.91 Å². The average molecular weight is 282 g/mol. The number of carbonyl (C=O) groups excluding carboxylic acids is 2. The van der Waals surface area contributed by atoms with Gasteiger partial charge < -0.3 is 19.7 Å². The van der Waals surface area contributed by atoms with E-state index in [1.165, 1.54) is 11.2 Å². The lowest BCUT2D eigenvalue weighted by atomic mass is 10.2. The Hall–Kier alpha value is -2.31. The minimum Gasteiger partial charge on any atom is -0.481 e. The molecule has 110 valence electrons. The largest absolute Gasteiger partial charge is 0.481 e. The van der Waals surface area contributed by atoms with Gasteiger partial charge >= 0.3 is 5.97 Å². The molecule has 0 atom stereocenters. The van der Waals surface area contributed by atoms with Crippen LogP contribution < -0.4 is 5.32 Å². The Kier molecular flexibility index (Phi) is 6.28. The lowest BCUT2D eigenvalue weighted by Crippen LogP contribution is -2.30. The van der Waals surface area contributed by atoms with Crippen molar-refractivity contribution in [1.29, 1.82) is 0 Å². The molecule has 7 nitrogen and oxygen atoms in total. The number of hydrogen-bond acceptors (Lipinski definition) is 4. The molecular formula is C13H18N2O5. The summed E-state index contributed by atoms with van der Waals surface area (Å²) in [6, 6.07) is 3.18. The van der Waals surface area contributed by atoms with Gasteiger partial charge in [0, 0.05) is 26.6 Å². The third-order valence-electron chi connectivity index (χ3n) is 2.68. The van der Waals surface area contributed by atoms with Crippen molar-refractivity contribution in [3.05, 3.63) is 24.2 Å². The standard InChI is InChI=1S/C13H18N2O5/c1-15(8-6-12(17)18)11(16)5-2-7-14-13(19)10-4-3-9-20-10/h3-4,9H,2,5-8H2,1H3,(H,14,19)(H,17,18). The van der Waals surface area contributed by atoms with Gasteiger partial charge in [0.15, 0.2) is 5.76 Å². The van der Waals surface area contributed by atoms with Crippen LogP contribution in [0.3, 0.4) is 0 Å². The van der Waals surface area contributed by atoms with Gasteiger partial charge in [-0.05, 0) is 18.6 Å². The molecule has 2 amide bonds. The van der Waals surface area contributed by atoms with Crippen LogP contribution in [-0.2, 0) is 9.59 Å². The first-order valence-corrected chi connectivity index (χ1v) is 6.28. The summed E-state index contributed by atoms with van der Waals surface area (Å²) in [6.45, 7) is 0.547. The van der Waals surface area contributed by atoms with E-state index >= 15 is 0 Å². The van der Waals surface area contributed by atoms with Crippen molar-refractivity contribution >= 4 is 17.8 Å². The number of hydrogen-bond donors (Lipinski definition) is 2. The fraction of sp³-hybridized carbons (Fsp3) is 0.462. The zero-order valence-corrected chi connectivity index (χ0v) is 11.3. The van der Waals surface area contributed by atoms with Crippen LogP contribution >= 0.6 is 0 Å². The number of carboxylic acid groups (broad SMARTS) is 1. The number of carboxylic acids is 1. The quantitative estimate of drug-likeness (QED) is 0.684. The summed E-state index contributed by atoms with van der Waals surface area (Å²) in [5.74, 6) is -1.16. The molecular weight excluding hydrogens is 264 g/mol. The van der Waals surface area contributed by atoms with Crippen LogP contribution in [0.2, 0.25) is 0 Å². The normalized spacial score (nSPS) is 10.1. The van der Waals surface area contributed by atoms with Crippen molar-refractivity contribution in [2.45, 2.75) is 19.3 Å². The van der Waals surface area contributed by atoms with Crippen molar-refractivity contribution in [3.8, 4) is 0 Å². The smallest absolute Gasteiger partial charge is 0.305 e. The molecule has 1 rings (SSSR count). The number of rotatable bonds is 8. The van der Waals surface area contributed by atoms with Gasteiger partial charge in [-0.15, -0.1) is 0 Å². The van der Waals surface area contributed by atoms with E-state index in [1.807, 2.05) is 0 Å². The Morgan fingerprint density at radius 1 is 1.35 bits per heavy atom. The first kappa shape index (κ1) is 15.7. The third kappa shape index (κ3) is 5.55. The Labute approximate surface area is 116 Å². The summed E-state index contributed by atoms with van der Waals surface area (Å²) < 4.78 is 4.92. The Balaban J connectivity index is 2.15. The number of nitrogens with zero attached hydrogens (tertiary/aromatic N) is 1. The molecule has 0 unspecified atom stereocenters. The van der Waals surface area contributed by atoms with Crippen LogP contribution in [0.1, 0.15) is 29.8 Å². The van der Waals surface area contributed by atoms with Gasteiger partial charge in [0.1, 0.15) is 0 Å². The lowest BCUT2D eigenvalue weighted by molar-refractivity contribution is -0.138. The van der Waals surface area contributed by atoms with E-state index in [1.54, 1.807) is 19.2 Å². The van der Waals surface area contributed by atoms with E-state index in [0.29, 0.717) is 13.0 Å². The van der Waals surface area contributed by atoms with Crippen LogP contribution in [0.4, 0.5) is 0 Å². The maximum absolute atomic E-state index is 11.6. The van der Waals surface area contributed by atoms with E-state index < -0.39 is 5.97 Å². The molecule has 0 radical (unpaired) electrons. The highest BCUT2D eigenvalue weighted by atomic mass is 16.4. The van der Waals surface area contributed by atoms with Gasteiger partial charge in [-0.2, -0.15) is 0 Å². The number of furan rings is 1. The molecule has 0 saturated heterocycles. The molecule has 0 fully saturated rings. The zero-order chi connectivity index (χ0) is 15.0. The molecule has 1 aromatic heterocycles. The lowest BCUT2D eigenvalue weighted by Gasteiger charge is -2.15. The van der Waals surface area contributed by atoms with Crippen LogP contribution in [0.5, 0.6) is 0 Å². The minimum atomic E-state index is -0.935. The van der Waals surface area contributed by atoms with Crippen LogP contribution in [0, 0.1) is 0 Å².